The summed E-state index contributed by atoms with van der Waals surface area (Å²) >= 11 is 6.20. The number of anilines is 1. The van der Waals surface area contributed by atoms with Crippen LogP contribution in [0.2, 0.25) is 5.02 Å². The zero-order valence-electron chi connectivity index (χ0n) is 19.3. The number of benzene rings is 3. The second-order valence-electron chi connectivity index (χ2n) is 8.86. The van der Waals surface area contributed by atoms with Crippen LogP contribution in [-0.4, -0.2) is 19.0 Å². The maximum absolute atomic E-state index is 12.9. The number of piperidine rings is 1. The minimum Gasteiger partial charge on any atom is -0.489 e. The van der Waals surface area contributed by atoms with Gasteiger partial charge in [0.1, 0.15) is 12.4 Å². The molecule has 33 heavy (non-hydrogen) atoms. The first-order valence-electron chi connectivity index (χ1n) is 11.6. The predicted octanol–water partition coefficient (Wildman–Crippen LogP) is 6.65. The van der Waals surface area contributed by atoms with Crippen LogP contribution in [0.5, 0.6) is 5.75 Å². The van der Waals surface area contributed by atoms with Gasteiger partial charge in [0.25, 0.3) is 5.91 Å². The van der Waals surface area contributed by atoms with Crippen LogP contribution in [0.4, 0.5) is 5.69 Å². The monoisotopic (exact) mass is 462 g/mol. The van der Waals surface area contributed by atoms with Crippen molar-refractivity contribution in [3.8, 4) is 5.75 Å². The van der Waals surface area contributed by atoms with Crippen LogP contribution >= 0.6 is 11.6 Å². The topological polar surface area (TPSA) is 41.6 Å². The van der Waals surface area contributed by atoms with E-state index >= 15 is 0 Å². The molecule has 4 nitrogen and oxygen atoms in total. The van der Waals surface area contributed by atoms with E-state index in [1.54, 1.807) is 12.1 Å². The molecule has 1 amide bonds. The Bertz CT molecular complexity index is 1080. The molecule has 3 aromatic carbocycles. The van der Waals surface area contributed by atoms with Gasteiger partial charge in [-0.05, 0) is 67.6 Å². The molecule has 172 valence electrons. The molecule has 4 rings (SSSR count). The van der Waals surface area contributed by atoms with Gasteiger partial charge in [-0.3, -0.25) is 4.79 Å². The third-order valence-corrected chi connectivity index (χ3v) is 6.71. The number of rotatable bonds is 7. The van der Waals surface area contributed by atoms with E-state index in [2.05, 4.69) is 41.4 Å². The van der Waals surface area contributed by atoms with E-state index in [1.165, 1.54) is 18.5 Å². The summed E-state index contributed by atoms with van der Waals surface area (Å²) in [5.74, 6) is 1.33. The van der Waals surface area contributed by atoms with E-state index in [-0.39, 0.29) is 11.9 Å². The molecule has 1 aliphatic rings. The first-order valence-corrected chi connectivity index (χ1v) is 12.0. The molecule has 1 saturated heterocycles. The predicted molar refractivity (Wildman–Crippen MR) is 135 cm³/mol. The van der Waals surface area contributed by atoms with Crippen molar-refractivity contribution in [3.63, 3.8) is 0 Å². The van der Waals surface area contributed by atoms with Crippen LogP contribution < -0.4 is 15.0 Å². The van der Waals surface area contributed by atoms with Crippen molar-refractivity contribution in [2.24, 2.45) is 5.92 Å². The summed E-state index contributed by atoms with van der Waals surface area (Å²) < 4.78 is 5.86. The Kier molecular flexibility index (Phi) is 7.56. The largest absolute Gasteiger partial charge is 0.489 e. The van der Waals surface area contributed by atoms with E-state index in [0.29, 0.717) is 22.9 Å². The highest BCUT2D eigenvalue weighted by Crippen LogP contribution is 2.25. The third kappa shape index (κ3) is 6.08. The van der Waals surface area contributed by atoms with Gasteiger partial charge in [0.2, 0.25) is 0 Å². The fraction of sp³-hybridized carbons (Fsp3) is 0.321. The summed E-state index contributed by atoms with van der Waals surface area (Å²) in [6.07, 6.45) is 2.49. The smallest absolute Gasteiger partial charge is 0.251 e. The first kappa shape index (κ1) is 23.2. The molecule has 0 saturated carbocycles. The lowest BCUT2D eigenvalue weighted by Crippen LogP contribution is -2.32. The molecule has 0 spiro atoms. The van der Waals surface area contributed by atoms with Gasteiger partial charge in [-0.25, -0.2) is 0 Å². The molecule has 1 atom stereocenters. The van der Waals surface area contributed by atoms with Crippen molar-refractivity contribution in [2.75, 3.05) is 18.0 Å². The number of halogens is 1. The Labute approximate surface area is 201 Å². The summed E-state index contributed by atoms with van der Waals surface area (Å²) in [4.78, 5) is 15.3. The Balaban J connectivity index is 1.35. The lowest BCUT2D eigenvalue weighted by molar-refractivity contribution is 0.0939. The number of nitrogens with zero attached hydrogens (tertiary/aromatic N) is 1. The SMILES string of the molecule is CC1CCN(c2ccc([C@@H](C)NC(=O)c3cccc(OCc4ccccc4Cl)c3)cc2)CC1. The molecule has 0 radical (unpaired) electrons. The number of nitrogens with one attached hydrogen (secondary N) is 1. The van der Waals surface area contributed by atoms with Crippen LogP contribution in [0.25, 0.3) is 0 Å². The second-order valence-corrected chi connectivity index (χ2v) is 9.27. The van der Waals surface area contributed by atoms with Crippen molar-refractivity contribution >= 4 is 23.2 Å². The molecule has 0 unspecified atom stereocenters. The van der Waals surface area contributed by atoms with Crippen molar-refractivity contribution in [3.05, 3.63) is 94.5 Å². The summed E-state index contributed by atoms with van der Waals surface area (Å²) in [5.41, 5.74) is 3.82. The molecule has 5 heteroatoms. The zero-order chi connectivity index (χ0) is 23.2. The van der Waals surface area contributed by atoms with Gasteiger partial charge in [0, 0.05) is 34.9 Å². The summed E-state index contributed by atoms with van der Waals surface area (Å²) in [7, 11) is 0. The van der Waals surface area contributed by atoms with Gasteiger partial charge in [0.05, 0.1) is 6.04 Å². The fourth-order valence-corrected chi connectivity index (χ4v) is 4.30. The van der Waals surface area contributed by atoms with Gasteiger partial charge in [-0.2, -0.15) is 0 Å². The molecule has 0 bridgehead atoms. The number of ether oxygens (including phenoxy) is 1. The standard InChI is InChI=1S/C28H31ClN2O2/c1-20-14-16-31(17-15-20)25-12-10-22(11-13-25)21(2)30-28(32)23-7-5-8-26(18-23)33-19-24-6-3-4-9-27(24)29/h3-13,18,20-21H,14-17,19H2,1-2H3,(H,30,32)/t21-/m1/s1. The molecule has 0 aromatic heterocycles. The Morgan fingerprint density at radius 3 is 2.52 bits per heavy atom. The highest BCUT2D eigenvalue weighted by Gasteiger charge is 2.17. The molecule has 1 N–H and O–H groups in total. The van der Waals surface area contributed by atoms with Crippen LogP contribution in [0, 0.1) is 5.92 Å². The normalized spacial score (nSPS) is 15.2. The molecule has 3 aromatic rings. The van der Waals surface area contributed by atoms with Crippen LogP contribution in [0.1, 0.15) is 54.2 Å². The zero-order valence-corrected chi connectivity index (χ0v) is 20.0. The molecule has 1 fully saturated rings. The van der Waals surface area contributed by atoms with Gasteiger partial charge in [-0.1, -0.05) is 54.9 Å². The lowest BCUT2D eigenvalue weighted by Gasteiger charge is -2.32. The van der Waals surface area contributed by atoms with Crippen molar-refractivity contribution in [1.29, 1.82) is 0 Å². The highest BCUT2D eigenvalue weighted by atomic mass is 35.5. The molecular weight excluding hydrogens is 432 g/mol. The maximum Gasteiger partial charge on any atom is 0.251 e. The molecular formula is C28H31ClN2O2. The molecule has 1 heterocycles. The summed E-state index contributed by atoms with van der Waals surface area (Å²) in [5, 5.41) is 3.77. The van der Waals surface area contributed by atoms with Crippen LogP contribution in [-0.2, 0) is 6.61 Å². The van der Waals surface area contributed by atoms with Crippen molar-refractivity contribution in [2.45, 2.75) is 39.3 Å². The number of carbonyl (C=O) groups excluding carboxylic acids is 1. The third-order valence-electron chi connectivity index (χ3n) is 6.34. The average Bonchev–Trinajstić information content (AvgIpc) is 2.84. The van der Waals surface area contributed by atoms with Gasteiger partial charge in [0.15, 0.2) is 0 Å². The van der Waals surface area contributed by atoms with Crippen molar-refractivity contribution < 1.29 is 9.53 Å². The van der Waals surface area contributed by atoms with Gasteiger partial charge >= 0.3 is 0 Å². The van der Waals surface area contributed by atoms with E-state index in [0.717, 1.165) is 30.1 Å². The van der Waals surface area contributed by atoms with Crippen LogP contribution in [0.15, 0.2) is 72.8 Å². The molecule has 1 aliphatic heterocycles. The highest BCUT2D eigenvalue weighted by molar-refractivity contribution is 6.31. The summed E-state index contributed by atoms with van der Waals surface area (Å²) in [6.45, 7) is 6.91. The fourth-order valence-electron chi connectivity index (χ4n) is 4.11. The van der Waals surface area contributed by atoms with Gasteiger partial charge in [-0.15, -0.1) is 0 Å². The molecule has 0 aliphatic carbocycles. The van der Waals surface area contributed by atoms with Crippen molar-refractivity contribution in [1.82, 2.24) is 5.32 Å². The quantitative estimate of drug-likeness (QED) is 0.427. The number of hydrogen-bond donors (Lipinski definition) is 1. The summed E-state index contributed by atoms with van der Waals surface area (Å²) in [6, 6.07) is 23.3. The number of amides is 1. The minimum atomic E-state index is -0.125. The van der Waals surface area contributed by atoms with E-state index < -0.39 is 0 Å². The second kappa shape index (κ2) is 10.8. The lowest BCUT2D eigenvalue weighted by atomic mass is 9.98. The number of carbonyl (C=O) groups is 1. The van der Waals surface area contributed by atoms with E-state index in [4.69, 9.17) is 16.3 Å². The maximum atomic E-state index is 12.9. The average molecular weight is 463 g/mol. The number of hydrogen-bond acceptors (Lipinski definition) is 3. The van der Waals surface area contributed by atoms with Crippen LogP contribution in [0.3, 0.4) is 0 Å². The Morgan fingerprint density at radius 1 is 1.06 bits per heavy atom. The van der Waals surface area contributed by atoms with E-state index in [9.17, 15) is 4.79 Å². The Morgan fingerprint density at radius 2 is 1.79 bits per heavy atom. The Hall–Kier alpha value is -2.98. The van der Waals surface area contributed by atoms with Gasteiger partial charge < -0.3 is 15.0 Å². The first-order chi connectivity index (χ1) is 16.0. The minimum absolute atomic E-state index is 0.0966. The van der Waals surface area contributed by atoms with E-state index in [1.807, 2.05) is 43.3 Å².